The number of phenols is 1. The van der Waals surface area contributed by atoms with Gasteiger partial charge in [0.1, 0.15) is 16.4 Å². The van der Waals surface area contributed by atoms with E-state index in [0.29, 0.717) is 18.4 Å². The Labute approximate surface area is 171 Å². The first-order valence-electron chi connectivity index (χ1n) is 9.08. The Morgan fingerprint density at radius 2 is 2.14 bits per heavy atom. The number of unbranched alkanes of at least 4 members (excludes halogenated alkanes) is 1. The van der Waals surface area contributed by atoms with Crippen LogP contribution in [-0.2, 0) is 4.79 Å². The molecule has 1 atom stereocenters. The van der Waals surface area contributed by atoms with E-state index in [1.54, 1.807) is 18.2 Å². The number of rotatable bonds is 7. The Morgan fingerprint density at radius 3 is 2.79 bits per heavy atom. The number of hydrogen-bond donors (Lipinski definition) is 2. The maximum atomic E-state index is 12.4. The molecule has 0 aliphatic heterocycles. The summed E-state index contributed by atoms with van der Waals surface area (Å²) in [6.07, 6.45) is 4.73. The van der Waals surface area contributed by atoms with Crippen molar-refractivity contribution in [3.8, 4) is 5.75 Å². The van der Waals surface area contributed by atoms with Crippen LogP contribution in [0.1, 0.15) is 43.4 Å². The van der Waals surface area contributed by atoms with Gasteiger partial charge in [0.15, 0.2) is 0 Å². The molecule has 0 aliphatic carbocycles. The van der Waals surface area contributed by atoms with E-state index in [-0.39, 0.29) is 39.0 Å². The fraction of sp³-hybridized carbons (Fsp3) is 0.250. The molecule has 0 saturated heterocycles. The number of nitro groups is 1. The number of fused-ring (bicyclic) bond motifs is 1. The van der Waals surface area contributed by atoms with Crippen LogP contribution in [0, 0.1) is 10.1 Å². The number of phenolic OH excluding ortho intramolecular Hbond substituents is 1. The van der Waals surface area contributed by atoms with Gasteiger partial charge in [-0.2, -0.15) is 0 Å². The molecular formula is C20H19ClN4O4. The van der Waals surface area contributed by atoms with Gasteiger partial charge in [0.05, 0.1) is 16.4 Å². The van der Waals surface area contributed by atoms with E-state index in [4.69, 9.17) is 11.6 Å². The van der Waals surface area contributed by atoms with Gasteiger partial charge >= 0.3 is 0 Å². The number of pyridine rings is 2. The second kappa shape index (κ2) is 8.83. The topological polar surface area (TPSA) is 118 Å². The number of halogens is 1. The zero-order valence-corrected chi connectivity index (χ0v) is 16.4. The van der Waals surface area contributed by atoms with Crippen molar-refractivity contribution in [3.63, 3.8) is 0 Å². The SMILES string of the molecule is CCCCC(=O)NC(c1ccc(Cl)nc1)c1cc([N+](=O)[O-])c2cccnc2c1O. The molecule has 8 nitrogen and oxygen atoms in total. The van der Waals surface area contributed by atoms with Crippen molar-refractivity contribution in [3.05, 3.63) is 69.1 Å². The summed E-state index contributed by atoms with van der Waals surface area (Å²) in [6.45, 7) is 1.97. The molecule has 2 heterocycles. The first-order chi connectivity index (χ1) is 13.9. The Balaban J connectivity index is 2.17. The number of nitrogens with zero attached hydrogens (tertiary/aromatic N) is 3. The van der Waals surface area contributed by atoms with Gasteiger partial charge in [0, 0.05) is 30.4 Å². The van der Waals surface area contributed by atoms with Crippen molar-refractivity contribution >= 4 is 34.1 Å². The van der Waals surface area contributed by atoms with Gasteiger partial charge in [-0.15, -0.1) is 0 Å². The molecule has 3 rings (SSSR count). The van der Waals surface area contributed by atoms with Crippen LogP contribution in [0.5, 0.6) is 5.75 Å². The number of benzene rings is 1. The molecule has 2 N–H and O–H groups in total. The molecule has 9 heteroatoms. The summed E-state index contributed by atoms with van der Waals surface area (Å²) in [5.41, 5.74) is 0.568. The van der Waals surface area contributed by atoms with Crippen LogP contribution in [0.2, 0.25) is 5.15 Å². The van der Waals surface area contributed by atoms with Crippen molar-refractivity contribution in [2.24, 2.45) is 0 Å². The number of nitro benzene ring substituents is 1. The van der Waals surface area contributed by atoms with Gasteiger partial charge < -0.3 is 10.4 Å². The summed E-state index contributed by atoms with van der Waals surface area (Å²) in [6, 6.07) is 6.68. The van der Waals surface area contributed by atoms with E-state index in [9.17, 15) is 20.0 Å². The molecule has 1 unspecified atom stereocenters. The first kappa shape index (κ1) is 20.5. The number of aromatic hydroxyl groups is 1. The molecule has 0 spiro atoms. The Hall–Kier alpha value is -3.26. The minimum Gasteiger partial charge on any atom is -0.505 e. The normalized spacial score (nSPS) is 11.9. The number of carbonyl (C=O) groups excluding carboxylic acids is 1. The van der Waals surface area contributed by atoms with Crippen LogP contribution in [0.15, 0.2) is 42.7 Å². The molecule has 0 radical (unpaired) electrons. The van der Waals surface area contributed by atoms with Crippen LogP contribution < -0.4 is 5.32 Å². The highest BCUT2D eigenvalue weighted by Gasteiger charge is 2.27. The average molecular weight is 415 g/mol. The lowest BCUT2D eigenvalue weighted by Crippen LogP contribution is -2.29. The fourth-order valence-electron chi connectivity index (χ4n) is 3.07. The van der Waals surface area contributed by atoms with Gasteiger partial charge in [0.2, 0.25) is 5.91 Å². The van der Waals surface area contributed by atoms with Crippen LogP contribution in [0.4, 0.5) is 5.69 Å². The van der Waals surface area contributed by atoms with Crippen molar-refractivity contribution < 1.29 is 14.8 Å². The maximum absolute atomic E-state index is 12.4. The molecule has 0 saturated carbocycles. The van der Waals surface area contributed by atoms with Crippen LogP contribution in [0.3, 0.4) is 0 Å². The number of nitrogens with one attached hydrogen (secondary N) is 1. The van der Waals surface area contributed by atoms with E-state index in [2.05, 4.69) is 15.3 Å². The van der Waals surface area contributed by atoms with E-state index < -0.39 is 11.0 Å². The first-order valence-corrected chi connectivity index (χ1v) is 9.46. The van der Waals surface area contributed by atoms with Gasteiger partial charge in [-0.3, -0.25) is 19.9 Å². The van der Waals surface area contributed by atoms with Gasteiger partial charge in [0.25, 0.3) is 5.69 Å². The van der Waals surface area contributed by atoms with Crippen LogP contribution in [-0.4, -0.2) is 25.9 Å². The lowest BCUT2D eigenvalue weighted by molar-refractivity contribution is -0.383. The summed E-state index contributed by atoms with van der Waals surface area (Å²) in [5.74, 6) is -0.475. The predicted molar refractivity (Wildman–Crippen MR) is 109 cm³/mol. The van der Waals surface area contributed by atoms with Crippen molar-refractivity contribution in [2.45, 2.75) is 32.2 Å². The standard InChI is InChI=1S/C20H19ClN4O4/c1-2-3-6-17(26)24-18(12-7-8-16(21)23-11-12)14-10-15(25(28)29)13-5-4-9-22-19(13)20(14)27/h4-5,7-11,18,27H,2-3,6H2,1H3,(H,24,26). The summed E-state index contributed by atoms with van der Waals surface area (Å²) in [7, 11) is 0. The second-order valence-electron chi connectivity index (χ2n) is 6.51. The molecular weight excluding hydrogens is 396 g/mol. The Kier molecular flexibility index (Phi) is 6.23. The average Bonchev–Trinajstić information content (AvgIpc) is 2.72. The summed E-state index contributed by atoms with van der Waals surface area (Å²) in [5, 5.41) is 25.8. The van der Waals surface area contributed by atoms with Crippen LogP contribution >= 0.6 is 11.6 Å². The smallest absolute Gasteiger partial charge is 0.279 e. The largest absolute Gasteiger partial charge is 0.505 e. The molecule has 1 amide bonds. The second-order valence-corrected chi connectivity index (χ2v) is 6.90. The summed E-state index contributed by atoms with van der Waals surface area (Å²) < 4.78 is 0. The van der Waals surface area contributed by atoms with Crippen molar-refractivity contribution in [2.75, 3.05) is 0 Å². The maximum Gasteiger partial charge on any atom is 0.279 e. The van der Waals surface area contributed by atoms with Crippen molar-refractivity contribution in [1.82, 2.24) is 15.3 Å². The number of non-ortho nitro benzene ring substituents is 1. The molecule has 0 fully saturated rings. The quantitative estimate of drug-likeness (QED) is 0.338. The molecule has 0 bridgehead atoms. The third-order valence-corrected chi connectivity index (χ3v) is 4.75. The number of carbonyl (C=O) groups is 1. The lowest BCUT2D eigenvalue weighted by atomic mass is 9.96. The predicted octanol–water partition coefficient (Wildman–Crippen LogP) is 4.29. The zero-order valence-electron chi connectivity index (χ0n) is 15.6. The highest BCUT2D eigenvalue weighted by Crippen LogP contribution is 2.39. The Morgan fingerprint density at radius 1 is 1.34 bits per heavy atom. The molecule has 1 aromatic carbocycles. The molecule has 2 aromatic heterocycles. The van der Waals surface area contributed by atoms with E-state index in [1.807, 2.05) is 6.92 Å². The van der Waals surface area contributed by atoms with Gasteiger partial charge in [-0.1, -0.05) is 31.0 Å². The summed E-state index contributed by atoms with van der Waals surface area (Å²) in [4.78, 5) is 31.6. The van der Waals surface area contributed by atoms with Gasteiger partial charge in [-0.25, -0.2) is 4.98 Å². The monoisotopic (exact) mass is 414 g/mol. The number of aromatic nitrogens is 2. The molecule has 3 aromatic rings. The number of amides is 1. The molecule has 150 valence electrons. The minimum absolute atomic E-state index is 0.0893. The number of hydrogen-bond acceptors (Lipinski definition) is 6. The highest BCUT2D eigenvalue weighted by atomic mass is 35.5. The van der Waals surface area contributed by atoms with Gasteiger partial charge in [-0.05, 0) is 30.2 Å². The lowest BCUT2D eigenvalue weighted by Gasteiger charge is -2.21. The van der Waals surface area contributed by atoms with E-state index in [0.717, 1.165) is 6.42 Å². The van der Waals surface area contributed by atoms with Crippen LogP contribution in [0.25, 0.3) is 10.9 Å². The summed E-state index contributed by atoms with van der Waals surface area (Å²) >= 11 is 5.87. The minimum atomic E-state index is -0.853. The third-order valence-electron chi connectivity index (χ3n) is 4.53. The fourth-order valence-corrected chi connectivity index (χ4v) is 3.18. The third kappa shape index (κ3) is 4.43. The van der Waals surface area contributed by atoms with E-state index >= 15 is 0 Å². The van der Waals surface area contributed by atoms with E-state index in [1.165, 1.54) is 24.5 Å². The Bertz CT molecular complexity index is 1060. The highest BCUT2D eigenvalue weighted by molar-refractivity contribution is 6.29. The van der Waals surface area contributed by atoms with Crippen molar-refractivity contribution in [1.29, 1.82) is 0 Å². The molecule has 0 aliphatic rings. The zero-order chi connectivity index (χ0) is 21.0. The molecule has 29 heavy (non-hydrogen) atoms.